The summed E-state index contributed by atoms with van der Waals surface area (Å²) < 4.78 is 38.1. The lowest BCUT2D eigenvalue weighted by Crippen LogP contribution is -2.48. The smallest absolute Gasteiger partial charge is 0.264 e. The molecule has 7 nitrogen and oxygen atoms in total. The van der Waals surface area contributed by atoms with Crippen molar-refractivity contribution in [3.63, 3.8) is 0 Å². The van der Waals surface area contributed by atoms with Crippen molar-refractivity contribution >= 4 is 27.3 Å². The lowest BCUT2D eigenvalue weighted by atomic mass is 9.48. The number of hydrogen-bond acceptors (Lipinski definition) is 5. The number of nitrogens with zero attached hydrogens (tertiary/aromatic N) is 1. The zero-order valence-electron chi connectivity index (χ0n) is 23.2. The molecule has 210 valence electrons. The molecule has 0 saturated heterocycles. The SMILES string of the molecule is COc1ccc(S(=O)(=O)N(C)c2ccc(C(=O)Nc3ccc(C45CC6CC(CC(C6)C4)C5)cc3)cc2)cc1OC. The summed E-state index contributed by atoms with van der Waals surface area (Å²) in [5.74, 6) is 3.21. The zero-order valence-corrected chi connectivity index (χ0v) is 24.0. The summed E-state index contributed by atoms with van der Waals surface area (Å²) in [6.45, 7) is 0. The van der Waals surface area contributed by atoms with Crippen LogP contribution in [0.2, 0.25) is 0 Å². The van der Waals surface area contributed by atoms with Crippen molar-refractivity contribution < 1.29 is 22.7 Å². The molecule has 0 spiro atoms. The van der Waals surface area contributed by atoms with E-state index in [1.807, 2.05) is 12.1 Å². The molecule has 0 aromatic heterocycles. The van der Waals surface area contributed by atoms with Crippen LogP contribution < -0.4 is 19.1 Å². The highest BCUT2D eigenvalue weighted by Gasteiger charge is 2.51. The maximum atomic E-state index is 13.2. The number of carbonyl (C=O) groups is 1. The average Bonchev–Trinajstić information content (AvgIpc) is 2.96. The van der Waals surface area contributed by atoms with Gasteiger partial charge in [0.25, 0.3) is 15.9 Å². The molecule has 4 aliphatic rings. The quantitative estimate of drug-likeness (QED) is 0.352. The predicted octanol–water partition coefficient (Wildman–Crippen LogP) is 6.25. The van der Waals surface area contributed by atoms with E-state index in [1.165, 1.54) is 81.8 Å². The summed E-state index contributed by atoms with van der Waals surface area (Å²) in [6, 6.07) is 19.4. The molecule has 1 amide bonds. The Balaban J connectivity index is 1.13. The van der Waals surface area contributed by atoms with Crippen LogP contribution in [0.5, 0.6) is 11.5 Å². The van der Waals surface area contributed by atoms with E-state index in [4.69, 9.17) is 9.47 Å². The summed E-state index contributed by atoms with van der Waals surface area (Å²) in [4.78, 5) is 13.1. The highest BCUT2D eigenvalue weighted by molar-refractivity contribution is 7.92. The van der Waals surface area contributed by atoms with Crippen LogP contribution in [0.25, 0.3) is 0 Å². The first-order valence-corrected chi connectivity index (χ1v) is 15.4. The van der Waals surface area contributed by atoms with Gasteiger partial charge in [-0.25, -0.2) is 8.42 Å². The number of methoxy groups -OCH3 is 2. The van der Waals surface area contributed by atoms with E-state index in [2.05, 4.69) is 17.4 Å². The molecule has 40 heavy (non-hydrogen) atoms. The second-order valence-electron chi connectivity index (χ2n) is 11.8. The van der Waals surface area contributed by atoms with Gasteiger partial charge >= 0.3 is 0 Å². The van der Waals surface area contributed by atoms with E-state index in [9.17, 15) is 13.2 Å². The molecule has 3 aromatic carbocycles. The Morgan fingerprint density at radius 1 is 0.825 bits per heavy atom. The van der Waals surface area contributed by atoms with Crippen molar-refractivity contribution in [3.8, 4) is 11.5 Å². The van der Waals surface area contributed by atoms with E-state index >= 15 is 0 Å². The highest BCUT2D eigenvalue weighted by Crippen LogP contribution is 2.60. The standard InChI is InChI=1S/C32H36N2O5S/c1-34(40(36,37)28-12-13-29(38-2)30(17-28)39-3)27-10-4-24(5-11-27)31(35)33-26-8-6-25(7-9-26)32-18-21-14-22(19-32)16-23(15-21)20-32/h4-13,17,21-23H,14-16,18-20H2,1-3H3,(H,33,35). The number of hydrogen-bond donors (Lipinski definition) is 1. The van der Waals surface area contributed by atoms with Gasteiger partial charge in [0, 0.05) is 24.4 Å². The lowest BCUT2D eigenvalue weighted by molar-refractivity contribution is -0.00518. The van der Waals surface area contributed by atoms with Crippen molar-refractivity contribution in [3.05, 3.63) is 77.9 Å². The zero-order chi connectivity index (χ0) is 28.1. The van der Waals surface area contributed by atoms with E-state index in [0.717, 1.165) is 23.4 Å². The Morgan fingerprint density at radius 2 is 1.40 bits per heavy atom. The molecular weight excluding hydrogens is 524 g/mol. The molecule has 4 fully saturated rings. The molecule has 3 aromatic rings. The average molecular weight is 561 g/mol. The summed E-state index contributed by atoms with van der Waals surface area (Å²) in [5.41, 5.74) is 3.40. The summed E-state index contributed by atoms with van der Waals surface area (Å²) in [7, 11) is 0.576. The third-order valence-electron chi connectivity index (χ3n) is 9.30. The van der Waals surface area contributed by atoms with Gasteiger partial charge in [-0.1, -0.05) is 12.1 Å². The fourth-order valence-corrected chi connectivity index (χ4v) is 8.88. The Hall–Kier alpha value is -3.52. The van der Waals surface area contributed by atoms with E-state index in [0.29, 0.717) is 28.2 Å². The fraction of sp³-hybridized carbons (Fsp3) is 0.406. The van der Waals surface area contributed by atoms with Crippen LogP contribution in [-0.2, 0) is 15.4 Å². The van der Waals surface area contributed by atoms with E-state index < -0.39 is 10.0 Å². The van der Waals surface area contributed by atoms with Crippen LogP contribution in [0.1, 0.15) is 54.4 Å². The van der Waals surface area contributed by atoms with Crippen LogP contribution in [0, 0.1) is 17.8 Å². The van der Waals surface area contributed by atoms with Crippen molar-refractivity contribution in [1.82, 2.24) is 0 Å². The number of sulfonamides is 1. The number of benzene rings is 3. The number of amides is 1. The van der Waals surface area contributed by atoms with Gasteiger partial charge in [0.05, 0.1) is 24.8 Å². The normalized spacial score (nSPS) is 24.9. The van der Waals surface area contributed by atoms with Gasteiger partial charge in [-0.05, 0) is 116 Å². The van der Waals surface area contributed by atoms with Crippen molar-refractivity contribution in [2.75, 3.05) is 30.9 Å². The molecule has 7 rings (SSSR count). The van der Waals surface area contributed by atoms with Crippen molar-refractivity contribution in [2.45, 2.75) is 48.8 Å². The van der Waals surface area contributed by atoms with Gasteiger partial charge in [-0.15, -0.1) is 0 Å². The summed E-state index contributed by atoms with van der Waals surface area (Å²) in [5, 5.41) is 2.99. The minimum atomic E-state index is -3.86. The Labute approximate surface area is 236 Å². The fourth-order valence-electron chi connectivity index (χ4n) is 7.67. The van der Waals surface area contributed by atoms with Crippen LogP contribution in [-0.4, -0.2) is 35.6 Å². The first-order valence-electron chi connectivity index (χ1n) is 13.9. The Bertz CT molecular complexity index is 1480. The molecule has 1 N–H and O–H groups in total. The minimum absolute atomic E-state index is 0.0754. The number of rotatable bonds is 8. The van der Waals surface area contributed by atoms with Crippen molar-refractivity contribution in [2.24, 2.45) is 17.8 Å². The second kappa shape index (κ2) is 10.1. The van der Waals surface area contributed by atoms with Gasteiger partial charge in [-0.3, -0.25) is 9.10 Å². The van der Waals surface area contributed by atoms with Gasteiger partial charge < -0.3 is 14.8 Å². The first-order chi connectivity index (χ1) is 19.2. The van der Waals surface area contributed by atoms with E-state index in [-0.39, 0.29) is 10.8 Å². The van der Waals surface area contributed by atoms with Crippen LogP contribution >= 0.6 is 0 Å². The third kappa shape index (κ3) is 4.72. The van der Waals surface area contributed by atoms with Crippen molar-refractivity contribution in [1.29, 1.82) is 0 Å². The third-order valence-corrected chi connectivity index (χ3v) is 11.1. The monoisotopic (exact) mass is 560 g/mol. The predicted molar refractivity (Wildman–Crippen MR) is 156 cm³/mol. The minimum Gasteiger partial charge on any atom is -0.493 e. The van der Waals surface area contributed by atoms with Gasteiger partial charge in [-0.2, -0.15) is 0 Å². The molecule has 4 aliphatic carbocycles. The molecule has 4 saturated carbocycles. The van der Waals surface area contributed by atoms with Gasteiger partial charge in [0.2, 0.25) is 0 Å². The van der Waals surface area contributed by atoms with Gasteiger partial charge in [0.15, 0.2) is 11.5 Å². The molecular formula is C32H36N2O5S. The maximum absolute atomic E-state index is 13.2. The lowest BCUT2D eigenvalue weighted by Gasteiger charge is -2.57. The Morgan fingerprint density at radius 3 is 1.95 bits per heavy atom. The molecule has 0 aliphatic heterocycles. The molecule has 4 bridgehead atoms. The molecule has 0 radical (unpaired) electrons. The molecule has 0 atom stereocenters. The number of carbonyl (C=O) groups excluding carboxylic acids is 1. The first kappa shape index (κ1) is 26.7. The van der Waals surface area contributed by atoms with Crippen LogP contribution in [0.15, 0.2) is 71.6 Å². The highest BCUT2D eigenvalue weighted by atomic mass is 32.2. The van der Waals surface area contributed by atoms with E-state index in [1.54, 1.807) is 30.3 Å². The topological polar surface area (TPSA) is 84.9 Å². The number of ether oxygens (including phenoxy) is 2. The molecule has 0 heterocycles. The second-order valence-corrected chi connectivity index (χ2v) is 13.7. The largest absolute Gasteiger partial charge is 0.493 e. The van der Waals surface area contributed by atoms with Crippen LogP contribution in [0.3, 0.4) is 0 Å². The molecule has 8 heteroatoms. The molecule has 0 unspecified atom stereocenters. The maximum Gasteiger partial charge on any atom is 0.264 e. The number of nitrogens with one attached hydrogen (secondary N) is 1. The Kier molecular flexibility index (Phi) is 6.77. The van der Waals surface area contributed by atoms with Gasteiger partial charge in [0.1, 0.15) is 0 Å². The summed E-state index contributed by atoms with van der Waals surface area (Å²) in [6.07, 6.45) is 8.20. The van der Waals surface area contributed by atoms with Crippen LogP contribution in [0.4, 0.5) is 11.4 Å². The summed E-state index contributed by atoms with van der Waals surface area (Å²) >= 11 is 0. The number of anilines is 2.